The number of Topliss-reactive ketones (excluding diaryl/α,β-unsaturated/α-hetero) is 1. The molecule has 6 heteroatoms. The molecule has 1 unspecified atom stereocenters. The number of carbonyl (C=O) groups excluding carboxylic acids is 3. The Labute approximate surface area is 109 Å². The third-order valence-corrected chi connectivity index (χ3v) is 1.97. The predicted molar refractivity (Wildman–Crippen MR) is 71.0 cm³/mol. The molecule has 0 bridgehead atoms. The molecule has 0 radical (unpaired) electrons. The van der Waals surface area contributed by atoms with Crippen molar-refractivity contribution >= 4 is 17.7 Å². The van der Waals surface area contributed by atoms with E-state index in [-0.39, 0.29) is 17.7 Å². The number of hydrogen-bond donors (Lipinski definition) is 3. The summed E-state index contributed by atoms with van der Waals surface area (Å²) in [6.07, 6.45) is 0. The molecule has 0 aromatic carbocycles. The monoisotopic (exact) mass is 259 g/mol. The fourth-order valence-corrected chi connectivity index (χ4v) is 1.28. The topological polar surface area (TPSA) is 101 Å². The van der Waals surface area contributed by atoms with E-state index in [4.69, 9.17) is 5.73 Å². The predicted octanol–water partition coefficient (Wildman–Crippen LogP) is 0.801. The van der Waals surface area contributed by atoms with E-state index < -0.39 is 18.0 Å². The van der Waals surface area contributed by atoms with Crippen LogP contribution in [0.25, 0.3) is 0 Å². The normalized spacial score (nSPS) is 11.7. The van der Waals surface area contributed by atoms with Crippen molar-refractivity contribution in [1.82, 2.24) is 10.6 Å². The van der Waals surface area contributed by atoms with Crippen LogP contribution in [0.4, 0.5) is 4.79 Å². The highest BCUT2D eigenvalue weighted by atomic mass is 16.2. The molecule has 0 spiro atoms. The van der Waals surface area contributed by atoms with Gasteiger partial charge in [0.05, 0.1) is 12.6 Å². The van der Waals surface area contributed by atoms with Gasteiger partial charge in [0.15, 0.2) is 5.78 Å². The highest BCUT2D eigenvalue weighted by molar-refractivity contribution is 5.89. The van der Waals surface area contributed by atoms with Gasteiger partial charge in [-0.1, -0.05) is 34.6 Å². The van der Waals surface area contributed by atoms with Crippen LogP contribution in [0.5, 0.6) is 0 Å². The molecule has 0 heterocycles. The van der Waals surface area contributed by atoms with Gasteiger partial charge < -0.3 is 16.4 Å². The Morgan fingerprint density at radius 1 is 1.17 bits per heavy atom. The molecule has 0 aliphatic carbocycles. The zero-order valence-corrected chi connectivity index (χ0v) is 12.1. The van der Waals surface area contributed by atoms with Crippen LogP contribution in [0.1, 0.15) is 41.5 Å². The van der Waals surface area contributed by atoms with Gasteiger partial charge in [0.1, 0.15) is 0 Å². The van der Waals surface area contributed by atoms with Crippen LogP contribution < -0.4 is 16.4 Å². The van der Waals surface area contributed by atoms with Crippen molar-refractivity contribution in [2.24, 2.45) is 11.1 Å². The van der Waals surface area contributed by atoms with E-state index in [2.05, 4.69) is 10.6 Å². The first-order chi connectivity index (χ1) is 8.14. The Morgan fingerprint density at radius 2 is 1.61 bits per heavy atom. The number of nitrogens with one attached hydrogen (secondary N) is 2. The second kappa shape index (κ2) is 8.49. The van der Waals surface area contributed by atoms with Gasteiger partial charge in [0.2, 0.25) is 5.91 Å². The summed E-state index contributed by atoms with van der Waals surface area (Å²) in [5.74, 6) is -0.771. The maximum absolute atomic E-state index is 11.3. The van der Waals surface area contributed by atoms with Crippen molar-refractivity contribution in [3.8, 4) is 0 Å². The number of primary amides is 1. The summed E-state index contributed by atoms with van der Waals surface area (Å²) in [4.78, 5) is 33.1. The molecular formula is C12H25N3O3. The van der Waals surface area contributed by atoms with E-state index in [9.17, 15) is 14.4 Å². The van der Waals surface area contributed by atoms with Crippen LogP contribution in [0.2, 0.25) is 0 Å². The van der Waals surface area contributed by atoms with E-state index in [0.29, 0.717) is 0 Å². The summed E-state index contributed by atoms with van der Waals surface area (Å²) in [7, 11) is 0. The van der Waals surface area contributed by atoms with Crippen molar-refractivity contribution in [1.29, 1.82) is 0 Å². The minimum atomic E-state index is -0.634. The fourth-order valence-electron chi connectivity index (χ4n) is 1.28. The van der Waals surface area contributed by atoms with E-state index in [1.165, 1.54) is 6.92 Å². The molecule has 1 atom stereocenters. The van der Waals surface area contributed by atoms with Crippen LogP contribution >= 0.6 is 0 Å². The summed E-state index contributed by atoms with van der Waals surface area (Å²) in [5.41, 5.74) is 4.49. The first-order valence-corrected chi connectivity index (χ1v) is 5.97. The van der Waals surface area contributed by atoms with Gasteiger partial charge in [-0.15, -0.1) is 0 Å². The van der Waals surface area contributed by atoms with Gasteiger partial charge in [-0.3, -0.25) is 9.59 Å². The lowest BCUT2D eigenvalue weighted by molar-refractivity contribution is -0.121. The van der Waals surface area contributed by atoms with Crippen LogP contribution in [0.3, 0.4) is 0 Å². The standard InChI is InChI=1S/C10H19N3O3.C2H6/c1-6(14)8(10(2,3)4)13-9(16)12-5-7(11)15;1-2/h8H,5H2,1-4H3,(H2,11,15)(H2,12,13,16);1-2H3. The van der Waals surface area contributed by atoms with Crippen molar-refractivity contribution in [3.05, 3.63) is 0 Å². The summed E-state index contributed by atoms with van der Waals surface area (Å²) >= 11 is 0. The largest absolute Gasteiger partial charge is 0.368 e. The zero-order chi connectivity index (χ0) is 14.9. The maximum atomic E-state index is 11.3. The SMILES string of the molecule is CC.CC(=O)C(NC(=O)NCC(N)=O)C(C)(C)C. The van der Waals surface area contributed by atoms with Crippen molar-refractivity contribution in [2.45, 2.75) is 47.6 Å². The van der Waals surface area contributed by atoms with Crippen LogP contribution in [-0.4, -0.2) is 30.3 Å². The molecule has 4 N–H and O–H groups in total. The van der Waals surface area contributed by atoms with Crippen molar-refractivity contribution < 1.29 is 14.4 Å². The number of nitrogens with two attached hydrogens (primary N) is 1. The summed E-state index contributed by atoms with van der Waals surface area (Å²) < 4.78 is 0. The van der Waals surface area contributed by atoms with Crippen LogP contribution in [-0.2, 0) is 9.59 Å². The molecule has 3 amide bonds. The minimum absolute atomic E-state index is 0.137. The Kier molecular flexibility index (Phi) is 8.86. The van der Waals surface area contributed by atoms with E-state index in [0.717, 1.165) is 0 Å². The van der Waals surface area contributed by atoms with Crippen LogP contribution in [0.15, 0.2) is 0 Å². The lowest BCUT2D eigenvalue weighted by atomic mass is 9.84. The third-order valence-electron chi connectivity index (χ3n) is 1.97. The quantitative estimate of drug-likeness (QED) is 0.696. The van der Waals surface area contributed by atoms with E-state index >= 15 is 0 Å². The van der Waals surface area contributed by atoms with Gasteiger partial charge in [0.25, 0.3) is 0 Å². The van der Waals surface area contributed by atoms with Gasteiger partial charge >= 0.3 is 6.03 Å². The summed E-state index contributed by atoms with van der Waals surface area (Å²) in [5, 5.41) is 4.77. The van der Waals surface area contributed by atoms with Crippen LogP contribution in [0, 0.1) is 5.41 Å². The third kappa shape index (κ3) is 8.55. The molecule has 0 rings (SSSR count). The Bertz CT molecular complexity index is 295. The van der Waals surface area contributed by atoms with E-state index in [1.807, 2.05) is 34.6 Å². The fraction of sp³-hybridized carbons (Fsp3) is 0.750. The molecule has 0 aliphatic heterocycles. The molecule has 0 saturated heterocycles. The highest BCUT2D eigenvalue weighted by Crippen LogP contribution is 2.19. The summed E-state index contributed by atoms with van der Waals surface area (Å²) in [6.45, 7) is 10.7. The van der Waals surface area contributed by atoms with Gasteiger partial charge in [0, 0.05) is 0 Å². The molecule has 6 nitrogen and oxygen atoms in total. The number of carbonyl (C=O) groups is 3. The first-order valence-electron chi connectivity index (χ1n) is 5.97. The molecule has 0 aromatic heterocycles. The lowest BCUT2D eigenvalue weighted by Crippen LogP contribution is -2.52. The number of rotatable bonds is 4. The average molecular weight is 259 g/mol. The van der Waals surface area contributed by atoms with Gasteiger partial charge in [-0.2, -0.15) is 0 Å². The number of ketones is 1. The molecular weight excluding hydrogens is 234 g/mol. The molecule has 18 heavy (non-hydrogen) atoms. The second-order valence-corrected chi connectivity index (χ2v) is 4.70. The Morgan fingerprint density at radius 3 is 1.89 bits per heavy atom. The van der Waals surface area contributed by atoms with E-state index in [1.54, 1.807) is 0 Å². The Balaban J connectivity index is 0. The molecule has 0 fully saturated rings. The number of urea groups is 1. The van der Waals surface area contributed by atoms with Crippen molar-refractivity contribution in [3.63, 3.8) is 0 Å². The molecule has 0 aliphatic rings. The minimum Gasteiger partial charge on any atom is -0.368 e. The highest BCUT2D eigenvalue weighted by Gasteiger charge is 2.29. The number of hydrogen-bond acceptors (Lipinski definition) is 3. The zero-order valence-electron chi connectivity index (χ0n) is 12.1. The smallest absolute Gasteiger partial charge is 0.315 e. The molecule has 0 saturated carbocycles. The average Bonchev–Trinajstić information content (AvgIpc) is 2.23. The summed E-state index contributed by atoms with van der Waals surface area (Å²) in [6, 6.07) is -1.17. The van der Waals surface area contributed by atoms with Crippen molar-refractivity contribution in [2.75, 3.05) is 6.54 Å². The Hall–Kier alpha value is -1.59. The second-order valence-electron chi connectivity index (χ2n) is 4.70. The lowest BCUT2D eigenvalue weighted by Gasteiger charge is -2.29. The molecule has 106 valence electrons. The number of amides is 3. The van der Waals surface area contributed by atoms with Gasteiger partial charge in [-0.25, -0.2) is 4.79 Å². The van der Waals surface area contributed by atoms with Gasteiger partial charge in [-0.05, 0) is 12.3 Å². The molecule has 0 aromatic rings. The maximum Gasteiger partial charge on any atom is 0.315 e. The first kappa shape index (κ1) is 18.8.